The average Bonchev–Trinajstić information content (AvgIpc) is 2.95. The van der Waals surface area contributed by atoms with Gasteiger partial charge in [-0.1, -0.05) is 32.9 Å². The molecule has 0 N–H and O–H groups in total. The van der Waals surface area contributed by atoms with Gasteiger partial charge in [0, 0.05) is 31.7 Å². The van der Waals surface area contributed by atoms with Gasteiger partial charge < -0.3 is 14.2 Å². The van der Waals surface area contributed by atoms with Gasteiger partial charge in [-0.3, -0.25) is 4.79 Å². The van der Waals surface area contributed by atoms with E-state index in [1.165, 1.54) is 5.56 Å². The molecule has 1 amide bonds. The van der Waals surface area contributed by atoms with Crippen LogP contribution in [0, 0.1) is 6.92 Å². The van der Waals surface area contributed by atoms with Crippen LogP contribution >= 0.6 is 0 Å². The van der Waals surface area contributed by atoms with E-state index in [9.17, 15) is 4.79 Å². The van der Waals surface area contributed by atoms with E-state index >= 15 is 0 Å². The number of amides is 1. The fourth-order valence-corrected chi connectivity index (χ4v) is 3.14. The molecule has 3 rings (SSSR count). The molecule has 140 valence electrons. The Balaban J connectivity index is 1.72. The second kappa shape index (κ2) is 7.23. The topological polar surface area (TPSA) is 49.6 Å². The molecule has 0 atom stereocenters. The number of hydrogen-bond donors (Lipinski definition) is 0. The molecule has 0 aliphatic carbocycles. The Bertz CT molecular complexity index is 764. The highest BCUT2D eigenvalue weighted by molar-refractivity contribution is 5.78. The maximum Gasteiger partial charge on any atom is 0.228 e. The van der Waals surface area contributed by atoms with Crippen molar-refractivity contribution in [2.75, 3.05) is 33.2 Å². The van der Waals surface area contributed by atoms with Gasteiger partial charge >= 0.3 is 0 Å². The van der Waals surface area contributed by atoms with E-state index in [2.05, 4.69) is 49.8 Å². The lowest BCUT2D eigenvalue weighted by atomic mass is 9.87. The molecule has 5 nitrogen and oxygen atoms in total. The van der Waals surface area contributed by atoms with Crippen molar-refractivity contribution in [2.45, 2.75) is 39.5 Å². The van der Waals surface area contributed by atoms with Crippen LogP contribution in [0.2, 0.25) is 0 Å². The Hall–Kier alpha value is -2.14. The van der Waals surface area contributed by atoms with E-state index in [0.29, 0.717) is 12.3 Å². The van der Waals surface area contributed by atoms with Gasteiger partial charge in [0.15, 0.2) is 0 Å². The standard InChI is InChI=1S/C21H29N3O2/c1-15-18(14-19(25)24-12-10-23(5)11-13-24)22-20(26-15)16-6-8-17(9-7-16)21(2,3)4/h6-9H,10-14H2,1-5H3. The lowest BCUT2D eigenvalue weighted by molar-refractivity contribution is -0.132. The van der Waals surface area contributed by atoms with Crippen molar-refractivity contribution in [1.29, 1.82) is 0 Å². The number of aromatic nitrogens is 1. The van der Waals surface area contributed by atoms with E-state index in [1.54, 1.807) is 0 Å². The maximum absolute atomic E-state index is 12.6. The van der Waals surface area contributed by atoms with Gasteiger partial charge in [-0.05, 0) is 37.1 Å². The van der Waals surface area contributed by atoms with Crippen molar-refractivity contribution in [3.05, 3.63) is 41.3 Å². The van der Waals surface area contributed by atoms with Crippen molar-refractivity contribution in [2.24, 2.45) is 0 Å². The normalized spacial score (nSPS) is 16.1. The summed E-state index contributed by atoms with van der Waals surface area (Å²) in [6.45, 7) is 11.9. The highest BCUT2D eigenvalue weighted by Crippen LogP contribution is 2.27. The zero-order chi connectivity index (χ0) is 18.9. The van der Waals surface area contributed by atoms with Gasteiger partial charge in [0.1, 0.15) is 5.76 Å². The molecule has 1 aliphatic heterocycles. The largest absolute Gasteiger partial charge is 0.441 e. The van der Waals surface area contributed by atoms with Crippen molar-refractivity contribution in [3.63, 3.8) is 0 Å². The highest BCUT2D eigenvalue weighted by Gasteiger charge is 2.22. The lowest BCUT2D eigenvalue weighted by Crippen LogP contribution is -2.47. The molecule has 0 radical (unpaired) electrons. The number of nitrogens with zero attached hydrogens (tertiary/aromatic N) is 3. The van der Waals surface area contributed by atoms with Crippen LogP contribution in [0.5, 0.6) is 0 Å². The smallest absolute Gasteiger partial charge is 0.228 e. The third-order valence-electron chi connectivity index (χ3n) is 5.07. The number of hydrogen-bond acceptors (Lipinski definition) is 4. The summed E-state index contributed by atoms with van der Waals surface area (Å²) in [5.41, 5.74) is 3.07. The average molecular weight is 355 g/mol. The Morgan fingerprint density at radius 2 is 1.73 bits per heavy atom. The summed E-state index contributed by atoms with van der Waals surface area (Å²) >= 11 is 0. The monoisotopic (exact) mass is 355 g/mol. The molecule has 2 heterocycles. The first-order chi connectivity index (χ1) is 12.2. The summed E-state index contributed by atoms with van der Waals surface area (Å²) in [5.74, 6) is 1.44. The van der Waals surface area contributed by atoms with Gasteiger partial charge in [0.25, 0.3) is 0 Å². The molecule has 1 fully saturated rings. The molecule has 1 aromatic carbocycles. The van der Waals surface area contributed by atoms with E-state index in [-0.39, 0.29) is 11.3 Å². The van der Waals surface area contributed by atoms with E-state index < -0.39 is 0 Å². The van der Waals surface area contributed by atoms with Crippen LogP contribution in [0.1, 0.15) is 37.8 Å². The Morgan fingerprint density at radius 3 is 2.31 bits per heavy atom. The Labute approximate surface area is 156 Å². The van der Waals surface area contributed by atoms with Gasteiger partial charge in [-0.25, -0.2) is 4.98 Å². The van der Waals surface area contributed by atoms with Crippen molar-refractivity contribution in [1.82, 2.24) is 14.8 Å². The van der Waals surface area contributed by atoms with Crippen LogP contribution in [0.25, 0.3) is 11.5 Å². The molecule has 26 heavy (non-hydrogen) atoms. The summed E-state index contributed by atoms with van der Waals surface area (Å²) in [6.07, 6.45) is 0.305. The molecule has 1 aromatic heterocycles. The van der Waals surface area contributed by atoms with Crippen LogP contribution in [-0.4, -0.2) is 53.9 Å². The Kier molecular flexibility index (Phi) is 5.19. The second-order valence-corrected chi connectivity index (χ2v) is 8.21. The van der Waals surface area contributed by atoms with Crippen LogP contribution in [0.3, 0.4) is 0 Å². The zero-order valence-electron chi connectivity index (χ0n) is 16.5. The van der Waals surface area contributed by atoms with Gasteiger partial charge in [0.2, 0.25) is 11.8 Å². The molecule has 0 spiro atoms. The number of piperazine rings is 1. The number of carbonyl (C=O) groups is 1. The number of carbonyl (C=O) groups excluding carboxylic acids is 1. The third-order valence-corrected chi connectivity index (χ3v) is 5.07. The number of likely N-dealkylation sites (N-methyl/N-ethyl adjacent to an activating group) is 1. The fourth-order valence-electron chi connectivity index (χ4n) is 3.14. The molecule has 1 saturated heterocycles. The quantitative estimate of drug-likeness (QED) is 0.848. The minimum atomic E-state index is 0.116. The van der Waals surface area contributed by atoms with Gasteiger partial charge in [-0.2, -0.15) is 0 Å². The summed E-state index contributed by atoms with van der Waals surface area (Å²) < 4.78 is 5.84. The van der Waals surface area contributed by atoms with Crippen LogP contribution in [0.4, 0.5) is 0 Å². The van der Waals surface area contributed by atoms with Crippen LogP contribution < -0.4 is 0 Å². The molecule has 1 aliphatic rings. The highest BCUT2D eigenvalue weighted by atomic mass is 16.4. The maximum atomic E-state index is 12.6. The number of aryl methyl sites for hydroxylation is 1. The van der Waals surface area contributed by atoms with Crippen LogP contribution in [0.15, 0.2) is 28.7 Å². The molecule has 5 heteroatoms. The molecular formula is C21H29N3O2. The fraction of sp³-hybridized carbons (Fsp3) is 0.524. The van der Waals surface area contributed by atoms with Crippen LogP contribution in [-0.2, 0) is 16.6 Å². The first-order valence-corrected chi connectivity index (χ1v) is 9.27. The van der Waals surface area contributed by atoms with E-state index in [4.69, 9.17) is 4.42 Å². The molecule has 0 saturated carbocycles. The molecule has 2 aromatic rings. The first-order valence-electron chi connectivity index (χ1n) is 9.27. The van der Waals surface area contributed by atoms with E-state index in [1.807, 2.05) is 24.0 Å². The minimum absolute atomic E-state index is 0.116. The third kappa shape index (κ3) is 4.15. The molecular weight excluding hydrogens is 326 g/mol. The predicted molar refractivity (Wildman–Crippen MR) is 103 cm³/mol. The number of oxazole rings is 1. The lowest BCUT2D eigenvalue weighted by Gasteiger charge is -2.32. The summed E-state index contributed by atoms with van der Waals surface area (Å²) in [4.78, 5) is 21.3. The molecule has 0 bridgehead atoms. The number of benzene rings is 1. The van der Waals surface area contributed by atoms with Crippen molar-refractivity contribution >= 4 is 5.91 Å². The molecule has 0 unspecified atom stereocenters. The predicted octanol–water partition coefficient (Wildman–Crippen LogP) is 3.26. The van der Waals surface area contributed by atoms with Crippen molar-refractivity contribution in [3.8, 4) is 11.5 Å². The van der Waals surface area contributed by atoms with Gasteiger partial charge in [0.05, 0.1) is 12.1 Å². The summed E-state index contributed by atoms with van der Waals surface area (Å²) in [7, 11) is 2.08. The second-order valence-electron chi connectivity index (χ2n) is 8.21. The summed E-state index contributed by atoms with van der Waals surface area (Å²) in [6, 6.07) is 8.31. The van der Waals surface area contributed by atoms with Crippen molar-refractivity contribution < 1.29 is 9.21 Å². The zero-order valence-corrected chi connectivity index (χ0v) is 16.5. The Morgan fingerprint density at radius 1 is 1.12 bits per heavy atom. The number of rotatable bonds is 3. The minimum Gasteiger partial charge on any atom is -0.441 e. The summed E-state index contributed by atoms with van der Waals surface area (Å²) in [5, 5.41) is 0. The van der Waals surface area contributed by atoms with Gasteiger partial charge in [-0.15, -0.1) is 0 Å². The van der Waals surface area contributed by atoms with E-state index in [0.717, 1.165) is 43.2 Å². The SMILES string of the molecule is Cc1oc(-c2ccc(C(C)(C)C)cc2)nc1CC(=O)N1CCN(C)CC1. The first kappa shape index (κ1) is 18.6.